The van der Waals surface area contributed by atoms with Crippen molar-refractivity contribution in [1.82, 2.24) is 14.8 Å². The topological polar surface area (TPSA) is 88.8 Å². The van der Waals surface area contributed by atoms with Crippen molar-refractivity contribution in [3.05, 3.63) is 69.5 Å². The third kappa shape index (κ3) is 5.58. The first-order valence-corrected chi connectivity index (χ1v) is 9.78. The number of ether oxygens (including phenoxy) is 1. The van der Waals surface area contributed by atoms with Gasteiger partial charge in [-0.2, -0.15) is 0 Å². The molecule has 1 aromatic carbocycles. The number of rotatable bonds is 8. The highest BCUT2D eigenvalue weighted by atomic mass is 16.6. The van der Waals surface area contributed by atoms with Gasteiger partial charge in [-0.05, 0) is 37.1 Å². The lowest BCUT2D eigenvalue weighted by Gasteiger charge is -2.28. The van der Waals surface area contributed by atoms with E-state index >= 15 is 0 Å². The maximum atomic E-state index is 13.3. The van der Waals surface area contributed by atoms with Crippen molar-refractivity contribution in [3.63, 3.8) is 0 Å². The van der Waals surface area contributed by atoms with E-state index in [1.807, 2.05) is 12.1 Å². The summed E-state index contributed by atoms with van der Waals surface area (Å²) in [7, 11) is 0. The molecule has 0 N–H and O–H groups in total. The van der Waals surface area contributed by atoms with E-state index in [-0.39, 0.29) is 11.6 Å². The molecule has 1 amide bonds. The van der Waals surface area contributed by atoms with Crippen LogP contribution in [0.1, 0.15) is 27.9 Å². The standard InChI is InChI=1S/C21H26N4O4/c1-17-19(4-2-5-20(17)25(27)28)21(26)24(16-18-6-8-22-9-7-18)11-3-10-23-12-14-29-15-13-23/h2,4-9H,3,10-16H2,1H3. The third-order valence-corrected chi connectivity index (χ3v) is 5.15. The molecular formula is C21H26N4O4. The Balaban J connectivity index is 1.75. The molecule has 2 aromatic rings. The van der Waals surface area contributed by atoms with Gasteiger partial charge in [-0.25, -0.2) is 0 Å². The fraction of sp³-hybridized carbons (Fsp3) is 0.429. The van der Waals surface area contributed by atoms with E-state index in [4.69, 9.17) is 4.74 Å². The van der Waals surface area contributed by atoms with Crippen LogP contribution in [-0.4, -0.2) is 65.0 Å². The lowest BCUT2D eigenvalue weighted by Crippen LogP contribution is -2.39. The van der Waals surface area contributed by atoms with E-state index in [0.717, 1.165) is 44.8 Å². The van der Waals surface area contributed by atoms with Crippen LogP contribution in [0, 0.1) is 17.0 Å². The number of nitro benzene ring substituents is 1. The number of carbonyl (C=O) groups is 1. The molecule has 0 saturated carbocycles. The van der Waals surface area contributed by atoms with Gasteiger partial charge < -0.3 is 9.64 Å². The van der Waals surface area contributed by atoms with E-state index < -0.39 is 4.92 Å². The molecule has 8 nitrogen and oxygen atoms in total. The molecular weight excluding hydrogens is 372 g/mol. The highest BCUT2D eigenvalue weighted by Crippen LogP contribution is 2.23. The maximum Gasteiger partial charge on any atom is 0.273 e. The number of amides is 1. The molecule has 1 aromatic heterocycles. The Morgan fingerprint density at radius 1 is 1.24 bits per heavy atom. The van der Waals surface area contributed by atoms with Crippen LogP contribution in [0.25, 0.3) is 0 Å². The van der Waals surface area contributed by atoms with E-state index in [1.165, 1.54) is 6.07 Å². The number of hydrogen-bond acceptors (Lipinski definition) is 6. The van der Waals surface area contributed by atoms with Crippen LogP contribution < -0.4 is 0 Å². The van der Waals surface area contributed by atoms with Gasteiger partial charge >= 0.3 is 0 Å². The first-order chi connectivity index (χ1) is 14.1. The Labute approximate surface area is 170 Å². The predicted molar refractivity (Wildman–Crippen MR) is 109 cm³/mol. The summed E-state index contributed by atoms with van der Waals surface area (Å²) in [6, 6.07) is 8.41. The molecule has 0 aliphatic carbocycles. The molecule has 0 atom stereocenters. The molecule has 1 saturated heterocycles. The molecule has 2 heterocycles. The number of pyridine rings is 1. The number of nitro groups is 1. The summed E-state index contributed by atoms with van der Waals surface area (Å²) in [5.41, 5.74) is 1.71. The number of hydrogen-bond donors (Lipinski definition) is 0. The molecule has 154 valence electrons. The zero-order valence-corrected chi connectivity index (χ0v) is 16.6. The van der Waals surface area contributed by atoms with E-state index in [0.29, 0.717) is 24.2 Å². The normalized spacial score (nSPS) is 14.5. The highest BCUT2D eigenvalue weighted by Gasteiger charge is 2.23. The molecule has 29 heavy (non-hydrogen) atoms. The summed E-state index contributed by atoms with van der Waals surface area (Å²) < 4.78 is 5.38. The summed E-state index contributed by atoms with van der Waals surface area (Å²) in [6.45, 7) is 6.82. The summed E-state index contributed by atoms with van der Waals surface area (Å²) in [4.78, 5) is 32.2. The Kier molecular flexibility index (Phi) is 7.26. The van der Waals surface area contributed by atoms with Gasteiger partial charge in [-0.1, -0.05) is 6.07 Å². The van der Waals surface area contributed by atoms with Gasteiger partial charge in [0.25, 0.3) is 11.6 Å². The van der Waals surface area contributed by atoms with Crippen LogP contribution in [-0.2, 0) is 11.3 Å². The Morgan fingerprint density at radius 3 is 2.66 bits per heavy atom. The number of nitrogens with zero attached hydrogens (tertiary/aromatic N) is 4. The van der Waals surface area contributed by atoms with Crippen molar-refractivity contribution in [2.45, 2.75) is 19.9 Å². The largest absolute Gasteiger partial charge is 0.379 e. The van der Waals surface area contributed by atoms with Crippen LogP contribution in [0.4, 0.5) is 5.69 Å². The minimum atomic E-state index is -0.447. The van der Waals surface area contributed by atoms with Gasteiger partial charge in [0.2, 0.25) is 0 Å². The average Bonchev–Trinajstić information content (AvgIpc) is 2.74. The second kappa shape index (κ2) is 10.1. The lowest BCUT2D eigenvalue weighted by atomic mass is 10.0. The fourth-order valence-electron chi connectivity index (χ4n) is 3.49. The first-order valence-electron chi connectivity index (χ1n) is 9.78. The van der Waals surface area contributed by atoms with Gasteiger partial charge in [-0.3, -0.25) is 24.8 Å². The summed E-state index contributed by atoms with van der Waals surface area (Å²) in [6.07, 6.45) is 4.22. The molecule has 0 unspecified atom stereocenters. The summed E-state index contributed by atoms with van der Waals surface area (Å²) in [5, 5.41) is 11.3. The van der Waals surface area contributed by atoms with E-state index in [1.54, 1.807) is 36.4 Å². The van der Waals surface area contributed by atoms with Crippen molar-refractivity contribution in [1.29, 1.82) is 0 Å². The number of morpholine rings is 1. The predicted octanol–water partition coefficient (Wildman–Crippen LogP) is 2.66. The van der Waals surface area contributed by atoms with Gasteiger partial charge in [0.1, 0.15) is 0 Å². The molecule has 8 heteroatoms. The summed E-state index contributed by atoms with van der Waals surface area (Å²) in [5.74, 6) is -0.190. The fourth-order valence-corrected chi connectivity index (χ4v) is 3.49. The molecule has 3 rings (SSSR count). The van der Waals surface area contributed by atoms with E-state index in [9.17, 15) is 14.9 Å². The van der Waals surface area contributed by atoms with Crippen molar-refractivity contribution in [2.24, 2.45) is 0 Å². The van der Waals surface area contributed by atoms with Crippen molar-refractivity contribution in [2.75, 3.05) is 39.4 Å². The lowest BCUT2D eigenvalue weighted by molar-refractivity contribution is -0.385. The van der Waals surface area contributed by atoms with Gasteiger partial charge in [0.05, 0.1) is 18.1 Å². The molecule has 0 spiro atoms. The van der Waals surface area contributed by atoms with Gasteiger partial charge in [0.15, 0.2) is 0 Å². The molecule has 1 aliphatic heterocycles. The quantitative estimate of drug-likeness (QED) is 0.502. The Morgan fingerprint density at radius 2 is 1.97 bits per heavy atom. The summed E-state index contributed by atoms with van der Waals surface area (Å²) >= 11 is 0. The van der Waals surface area contributed by atoms with Gasteiger partial charge in [-0.15, -0.1) is 0 Å². The zero-order chi connectivity index (χ0) is 20.6. The molecule has 1 aliphatic rings. The number of carbonyl (C=O) groups excluding carboxylic acids is 1. The Hall–Kier alpha value is -2.84. The van der Waals surface area contributed by atoms with Crippen LogP contribution in [0.2, 0.25) is 0 Å². The second-order valence-corrected chi connectivity index (χ2v) is 7.10. The zero-order valence-electron chi connectivity index (χ0n) is 16.6. The SMILES string of the molecule is Cc1c(C(=O)N(CCCN2CCOCC2)Cc2ccncc2)cccc1[N+](=O)[O-]. The number of aromatic nitrogens is 1. The van der Waals surface area contributed by atoms with Crippen LogP contribution >= 0.6 is 0 Å². The monoisotopic (exact) mass is 398 g/mol. The maximum absolute atomic E-state index is 13.3. The van der Waals surface area contributed by atoms with Crippen LogP contribution in [0.15, 0.2) is 42.7 Å². The highest BCUT2D eigenvalue weighted by molar-refractivity contribution is 5.96. The molecule has 1 fully saturated rings. The van der Waals surface area contributed by atoms with Gasteiger partial charge in [0, 0.05) is 62.3 Å². The van der Waals surface area contributed by atoms with Crippen molar-refractivity contribution in [3.8, 4) is 0 Å². The minimum absolute atomic E-state index is 0.0342. The molecule has 0 radical (unpaired) electrons. The minimum Gasteiger partial charge on any atom is -0.379 e. The van der Waals surface area contributed by atoms with Crippen molar-refractivity contribution >= 4 is 11.6 Å². The third-order valence-electron chi connectivity index (χ3n) is 5.15. The Bertz CT molecular complexity index is 838. The number of benzene rings is 1. The van der Waals surface area contributed by atoms with Crippen LogP contribution in [0.3, 0.4) is 0 Å². The second-order valence-electron chi connectivity index (χ2n) is 7.10. The van der Waals surface area contributed by atoms with Crippen molar-refractivity contribution < 1.29 is 14.5 Å². The van der Waals surface area contributed by atoms with Crippen LogP contribution in [0.5, 0.6) is 0 Å². The first kappa shape index (κ1) is 20.9. The van der Waals surface area contributed by atoms with E-state index in [2.05, 4.69) is 9.88 Å². The average molecular weight is 398 g/mol. The smallest absolute Gasteiger partial charge is 0.273 e. The molecule has 0 bridgehead atoms.